The predicted octanol–water partition coefficient (Wildman–Crippen LogP) is 6.85. The number of carbonyl (C=O) groups is 1. The summed E-state index contributed by atoms with van der Waals surface area (Å²) in [6.45, 7) is 12.1. The molecule has 1 heterocycles. The van der Waals surface area contributed by atoms with Crippen LogP contribution in [0.25, 0.3) is 0 Å². The monoisotopic (exact) mass is 494 g/mol. The summed E-state index contributed by atoms with van der Waals surface area (Å²) in [5, 5.41) is 0. The second-order valence-electron chi connectivity index (χ2n) is 9.54. The molecule has 0 aromatic rings. The van der Waals surface area contributed by atoms with Crippen LogP contribution in [0.3, 0.4) is 0 Å². The van der Waals surface area contributed by atoms with Gasteiger partial charge in [0.1, 0.15) is 11.5 Å². The van der Waals surface area contributed by atoms with Gasteiger partial charge in [-0.25, -0.2) is 4.39 Å². The van der Waals surface area contributed by atoms with Crippen LogP contribution in [0.1, 0.15) is 74.7 Å². The van der Waals surface area contributed by atoms with Crippen LogP contribution in [0.15, 0.2) is 0 Å². The molecular weight excluding hydrogens is 463 g/mol. The van der Waals surface area contributed by atoms with Crippen molar-refractivity contribution in [3.8, 4) is 0 Å². The normalized spacial score (nSPS) is 23.4. The Bertz CT molecular complexity index is 548. The molecule has 0 radical (unpaired) electrons. The second-order valence-corrected chi connectivity index (χ2v) is 11.0. The quantitative estimate of drug-likeness (QED) is 0.181. The minimum absolute atomic E-state index is 0.306. The lowest BCUT2D eigenvalue weighted by Crippen LogP contribution is -2.63. The number of cyclic esters (lactones) is 1. The van der Waals surface area contributed by atoms with Gasteiger partial charge < -0.3 is 4.74 Å². The Morgan fingerprint density at radius 1 is 0.885 bits per heavy atom. The zero-order valence-electron chi connectivity index (χ0n) is 16.9. The Hall–Kier alpha value is -0.0800. The van der Waals surface area contributed by atoms with Crippen molar-refractivity contribution >= 4 is 28.6 Å². The van der Waals surface area contributed by atoms with Crippen molar-refractivity contribution in [2.75, 3.05) is 0 Å². The van der Waals surface area contributed by atoms with E-state index in [4.69, 9.17) is 4.74 Å². The third-order valence-corrected chi connectivity index (χ3v) is 10.1. The average molecular weight is 494 g/mol. The Morgan fingerprint density at radius 2 is 1.35 bits per heavy atom. The van der Waals surface area contributed by atoms with Gasteiger partial charge in [0.05, 0.1) is 0 Å². The van der Waals surface area contributed by atoms with Crippen LogP contribution in [0.2, 0.25) is 0 Å². The van der Waals surface area contributed by atoms with Crippen LogP contribution in [-0.2, 0) is 9.53 Å². The first-order valence-electron chi connectivity index (χ1n) is 8.89. The highest BCUT2D eigenvalue weighted by Crippen LogP contribution is 2.67. The smallest absolute Gasteiger partial charge is 0.397 e. The van der Waals surface area contributed by atoms with Gasteiger partial charge in [-0.3, -0.25) is 4.79 Å². The average Bonchev–Trinajstić information content (AvgIpc) is 2.45. The topological polar surface area (TPSA) is 26.3 Å². The minimum atomic E-state index is -4.70. The van der Waals surface area contributed by atoms with Crippen LogP contribution in [-0.4, -0.2) is 21.9 Å². The second kappa shape index (κ2) is 6.76. The van der Waals surface area contributed by atoms with Crippen molar-refractivity contribution in [1.29, 1.82) is 0 Å². The minimum Gasteiger partial charge on any atom is -0.462 e. The number of hydrogen-bond acceptors (Lipinski definition) is 2. The molecule has 0 aromatic carbocycles. The molecule has 2 atom stereocenters. The molecule has 2 nitrogen and oxygen atoms in total. The van der Waals surface area contributed by atoms with Gasteiger partial charge in [0.25, 0.3) is 0 Å². The number of ether oxygens (including phenoxy) is 1. The highest BCUT2D eigenvalue weighted by atomic mass is 127. The largest absolute Gasteiger partial charge is 0.462 e. The lowest BCUT2D eigenvalue weighted by Gasteiger charge is -2.60. The van der Waals surface area contributed by atoms with Crippen molar-refractivity contribution < 1.29 is 27.1 Å². The molecule has 0 aromatic heterocycles. The van der Waals surface area contributed by atoms with E-state index in [9.17, 15) is 18.0 Å². The van der Waals surface area contributed by atoms with Gasteiger partial charge in [0, 0.05) is 17.3 Å². The van der Waals surface area contributed by atoms with Gasteiger partial charge in [0.2, 0.25) is 0 Å². The van der Waals surface area contributed by atoms with Crippen LogP contribution < -0.4 is 0 Å². The number of carbonyl (C=O) groups excluding carboxylic acids is 1. The van der Waals surface area contributed by atoms with E-state index in [2.05, 4.69) is 0 Å². The zero-order chi connectivity index (χ0) is 21.0. The van der Waals surface area contributed by atoms with Crippen molar-refractivity contribution in [1.82, 2.24) is 0 Å². The molecular formula is C19H31F4IO2. The standard InChI is InChI=1S/C19H31F4IO2/c1-14(2,12-10-9-11-13(25)26-12)15(3,4)16(5,6)18(20,24)17(7,8)19(21,22)23/h12H,9-11H2,1-8H3. The number of halogens is 5. The Morgan fingerprint density at radius 3 is 1.73 bits per heavy atom. The van der Waals surface area contributed by atoms with E-state index in [0.717, 1.165) is 13.8 Å². The summed E-state index contributed by atoms with van der Waals surface area (Å²) in [4.78, 5) is 11.7. The lowest BCUT2D eigenvalue weighted by molar-refractivity contribution is -0.264. The van der Waals surface area contributed by atoms with Gasteiger partial charge >= 0.3 is 12.1 Å². The van der Waals surface area contributed by atoms with Gasteiger partial charge in [0.15, 0.2) is 3.68 Å². The summed E-state index contributed by atoms with van der Waals surface area (Å²) in [6.07, 6.45) is -3.52. The van der Waals surface area contributed by atoms with Crippen molar-refractivity contribution in [3.05, 3.63) is 0 Å². The molecule has 26 heavy (non-hydrogen) atoms. The summed E-state index contributed by atoms with van der Waals surface area (Å²) >= 11 is 1.33. The van der Waals surface area contributed by atoms with E-state index < -0.39 is 37.6 Å². The third kappa shape index (κ3) is 3.39. The fourth-order valence-corrected chi connectivity index (χ4v) is 4.76. The van der Waals surface area contributed by atoms with Crippen molar-refractivity contribution in [2.45, 2.75) is 90.6 Å². The molecule has 0 spiro atoms. The predicted molar refractivity (Wildman–Crippen MR) is 103 cm³/mol. The van der Waals surface area contributed by atoms with E-state index in [0.29, 0.717) is 19.3 Å². The summed E-state index contributed by atoms with van der Waals surface area (Å²) in [5.74, 6) is -0.306. The van der Waals surface area contributed by atoms with Gasteiger partial charge in [-0.2, -0.15) is 13.2 Å². The lowest BCUT2D eigenvalue weighted by atomic mass is 9.49. The van der Waals surface area contributed by atoms with Crippen molar-refractivity contribution in [3.63, 3.8) is 0 Å². The number of rotatable bonds is 5. The van der Waals surface area contributed by atoms with Gasteiger partial charge in [-0.15, -0.1) is 0 Å². The number of alkyl halides is 5. The molecule has 0 bridgehead atoms. The Kier molecular flexibility index (Phi) is 6.23. The summed E-state index contributed by atoms with van der Waals surface area (Å²) in [6, 6.07) is 0. The summed E-state index contributed by atoms with van der Waals surface area (Å²) in [5.41, 5.74) is -5.58. The van der Waals surface area contributed by atoms with E-state index >= 15 is 4.39 Å². The maximum absolute atomic E-state index is 16.0. The molecule has 1 saturated heterocycles. The highest BCUT2D eigenvalue weighted by molar-refractivity contribution is 14.1. The first-order valence-corrected chi connectivity index (χ1v) is 9.97. The SMILES string of the molecule is CC(C)(C1CCCC(=O)O1)C(C)(C)C(C)(C)C(F)(I)C(C)(C)C(F)(F)F. The number of esters is 1. The van der Waals surface area contributed by atoms with Gasteiger partial charge in [-0.1, -0.05) is 41.5 Å². The highest BCUT2D eigenvalue weighted by Gasteiger charge is 2.71. The maximum Gasteiger partial charge on any atom is 0.397 e. The van der Waals surface area contributed by atoms with Crippen LogP contribution in [0, 0.1) is 21.7 Å². The van der Waals surface area contributed by atoms with E-state index in [-0.39, 0.29) is 5.97 Å². The molecule has 0 amide bonds. The molecule has 1 aliphatic rings. The molecule has 2 unspecified atom stereocenters. The zero-order valence-corrected chi connectivity index (χ0v) is 19.1. The molecule has 1 fully saturated rings. The Labute approximate surface area is 168 Å². The molecule has 1 rings (SSSR count). The first-order chi connectivity index (χ1) is 11.2. The molecule has 7 heteroatoms. The maximum atomic E-state index is 16.0. The molecule has 0 aliphatic carbocycles. The molecule has 1 aliphatic heterocycles. The van der Waals surface area contributed by atoms with E-state index in [1.54, 1.807) is 27.7 Å². The fraction of sp³-hybridized carbons (Fsp3) is 0.947. The van der Waals surface area contributed by atoms with E-state index in [1.807, 2.05) is 13.8 Å². The summed E-state index contributed by atoms with van der Waals surface area (Å²) < 4.78 is 59.8. The van der Waals surface area contributed by atoms with Crippen LogP contribution in [0.4, 0.5) is 17.6 Å². The molecule has 0 N–H and O–H groups in total. The van der Waals surface area contributed by atoms with Crippen LogP contribution in [0.5, 0.6) is 0 Å². The Balaban J connectivity index is 3.41. The van der Waals surface area contributed by atoms with E-state index in [1.165, 1.54) is 22.6 Å². The number of hydrogen-bond donors (Lipinski definition) is 0. The summed E-state index contributed by atoms with van der Waals surface area (Å²) in [7, 11) is 0. The fourth-order valence-electron chi connectivity index (χ4n) is 3.78. The molecule has 154 valence electrons. The molecule has 0 saturated carbocycles. The van der Waals surface area contributed by atoms with Crippen molar-refractivity contribution in [2.24, 2.45) is 21.7 Å². The third-order valence-electron chi connectivity index (χ3n) is 7.38. The van der Waals surface area contributed by atoms with Crippen LogP contribution >= 0.6 is 22.6 Å². The van der Waals surface area contributed by atoms with Gasteiger partial charge in [-0.05, 0) is 54.7 Å². The first kappa shape index (κ1) is 24.0.